The van der Waals surface area contributed by atoms with Crippen LogP contribution in [0.4, 0.5) is 0 Å². The van der Waals surface area contributed by atoms with Crippen molar-refractivity contribution in [3.63, 3.8) is 0 Å². The number of aliphatic hydroxyl groups is 1. The lowest BCUT2D eigenvalue weighted by atomic mass is 9.67. The number of hydrogen-bond donors (Lipinski definition) is 1. The third-order valence-corrected chi connectivity index (χ3v) is 5.22. The Bertz CT molecular complexity index is 459. The molecular weight excluding hydrogens is 232 g/mol. The molecule has 1 nitrogen and oxygen atoms in total. The molecule has 0 heterocycles. The van der Waals surface area contributed by atoms with Crippen molar-refractivity contribution in [1.82, 2.24) is 0 Å². The van der Waals surface area contributed by atoms with Gasteiger partial charge in [-0.3, -0.25) is 0 Å². The first-order valence-corrected chi connectivity index (χ1v) is 7.81. The molecule has 1 N–H and O–H groups in total. The van der Waals surface area contributed by atoms with E-state index in [0.29, 0.717) is 0 Å². The van der Waals surface area contributed by atoms with E-state index in [1.807, 2.05) is 0 Å². The van der Waals surface area contributed by atoms with Crippen LogP contribution in [-0.2, 0) is 5.60 Å². The summed E-state index contributed by atoms with van der Waals surface area (Å²) in [5, 5.41) is 11.1. The van der Waals surface area contributed by atoms with Crippen molar-refractivity contribution in [3.05, 3.63) is 35.4 Å². The Morgan fingerprint density at radius 1 is 1.11 bits per heavy atom. The lowest BCUT2D eigenvalue weighted by Gasteiger charge is -2.42. The lowest BCUT2D eigenvalue weighted by molar-refractivity contribution is -0.0441. The van der Waals surface area contributed by atoms with Crippen molar-refractivity contribution >= 4 is 0 Å². The molecule has 0 saturated heterocycles. The summed E-state index contributed by atoms with van der Waals surface area (Å²) in [7, 11) is 0. The molecule has 0 spiro atoms. The van der Waals surface area contributed by atoms with Crippen molar-refractivity contribution in [2.24, 2.45) is 5.41 Å². The van der Waals surface area contributed by atoms with E-state index in [1.54, 1.807) is 0 Å². The van der Waals surface area contributed by atoms with E-state index in [-0.39, 0.29) is 5.41 Å². The van der Waals surface area contributed by atoms with Crippen LogP contribution in [0.15, 0.2) is 24.3 Å². The number of rotatable bonds is 2. The molecule has 0 amide bonds. The van der Waals surface area contributed by atoms with Gasteiger partial charge in [-0.1, -0.05) is 44.5 Å². The van der Waals surface area contributed by atoms with Crippen LogP contribution >= 0.6 is 0 Å². The molecule has 1 unspecified atom stereocenters. The van der Waals surface area contributed by atoms with Crippen molar-refractivity contribution in [3.8, 4) is 0 Å². The molecule has 1 aromatic rings. The second-order valence-corrected chi connectivity index (χ2v) is 7.48. The van der Waals surface area contributed by atoms with Gasteiger partial charge in [0.2, 0.25) is 0 Å². The van der Waals surface area contributed by atoms with Crippen LogP contribution in [0, 0.1) is 5.41 Å². The Balaban J connectivity index is 1.87. The summed E-state index contributed by atoms with van der Waals surface area (Å²) in [6.07, 6.45) is 8.21. The molecule has 0 aliphatic heterocycles. The number of benzene rings is 1. The highest BCUT2D eigenvalue weighted by molar-refractivity contribution is 5.32. The number of hydrogen-bond acceptors (Lipinski definition) is 1. The normalized spacial score (nSPS) is 30.9. The zero-order valence-corrected chi connectivity index (χ0v) is 12.3. The second kappa shape index (κ2) is 4.63. The molecule has 1 heteroatoms. The molecule has 2 saturated carbocycles. The quantitative estimate of drug-likeness (QED) is 0.812. The summed E-state index contributed by atoms with van der Waals surface area (Å²) in [6, 6.07) is 8.79. The third-order valence-electron chi connectivity index (χ3n) is 5.22. The zero-order valence-electron chi connectivity index (χ0n) is 12.3. The van der Waals surface area contributed by atoms with Gasteiger partial charge >= 0.3 is 0 Å². The maximum Gasteiger partial charge on any atom is 0.0901 e. The maximum atomic E-state index is 11.1. The predicted molar refractivity (Wildman–Crippen MR) is 79.2 cm³/mol. The minimum Gasteiger partial charge on any atom is -0.385 e. The van der Waals surface area contributed by atoms with E-state index in [0.717, 1.165) is 30.7 Å². The van der Waals surface area contributed by atoms with Gasteiger partial charge in [0.05, 0.1) is 5.60 Å². The highest BCUT2D eigenvalue weighted by Crippen LogP contribution is 2.47. The fourth-order valence-corrected chi connectivity index (χ4v) is 3.90. The Hall–Kier alpha value is -0.820. The van der Waals surface area contributed by atoms with E-state index in [9.17, 15) is 5.11 Å². The minimum absolute atomic E-state index is 0.263. The molecule has 1 aromatic carbocycles. The minimum atomic E-state index is -0.596. The SMILES string of the molecule is CC1(C)CCCC(O)(c2cccc(C3CCC3)c2)C1. The van der Waals surface area contributed by atoms with Crippen LogP contribution in [0.1, 0.15) is 75.8 Å². The van der Waals surface area contributed by atoms with Crippen molar-refractivity contribution in [1.29, 1.82) is 0 Å². The van der Waals surface area contributed by atoms with Gasteiger partial charge in [0.25, 0.3) is 0 Å². The highest BCUT2D eigenvalue weighted by Gasteiger charge is 2.39. The van der Waals surface area contributed by atoms with Crippen LogP contribution in [-0.4, -0.2) is 5.11 Å². The Morgan fingerprint density at radius 3 is 2.53 bits per heavy atom. The van der Waals surface area contributed by atoms with Gasteiger partial charge in [0, 0.05) is 0 Å². The second-order valence-electron chi connectivity index (χ2n) is 7.48. The zero-order chi connectivity index (χ0) is 13.5. The maximum absolute atomic E-state index is 11.1. The van der Waals surface area contributed by atoms with Crippen LogP contribution in [0.5, 0.6) is 0 Å². The summed E-state index contributed by atoms with van der Waals surface area (Å²) in [4.78, 5) is 0. The smallest absolute Gasteiger partial charge is 0.0901 e. The Kier molecular flexibility index (Phi) is 3.21. The largest absolute Gasteiger partial charge is 0.385 e. The van der Waals surface area contributed by atoms with Gasteiger partial charge < -0.3 is 5.11 Å². The predicted octanol–water partition coefficient (Wildman–Crippen LogP) is 4.74. The Labute approximate surface area is 117 Å². The van der Waals surface area contributed by atoms with Crippen LogP contribution in [0.2, 0.25) is 0 Å². The van der Waals surface area contributed by atoms with Gasteiger partial charge in [0.1, 0.15) is 0 Å². The van der Waals surface area contributed by atoms with Crippen LogP contribution in [0.3, 0.4) is 0 Å². The monoisotopic (exact) mass is 258 g/mol. The molecule has 3 rings (SSSR count). The van der Waals surface area contributed by atoms with Crippen molar-refractivity contribution in [2.75, 3.05) is 0 Å². The molecule has 0 radical (unpaired) electrons. The topological polar surface area (TPSA) is 20.2 Å². The van der Waals surface area contributed by atoms with Gasteiger partial charge in [0.15, 0.2) is 0 Å². The third kappa shape index (κ3) is 2.58. The Morgan fingerprint density at radius 2 is 1.89 bits per heavy atom. The molecule has 2 fully saturated rings. The molecule has 104 valence electrons. The van der Waals surface area contributed by atoms with E-state index < -0.39 is 5.60 Å². The first kappa shape index (κ1) is 13.2. The van der Waals surface area contributed by atoms with E-state index in [1.165, 1.54) is 31.2 Å². The molecule has 19 heavy (non-hydrogen) atoms. The van der Waals surface area contributed by atoms with Gasteiger partial charge in [-0.25, -0.2) is 0 Å². The van der Waals surface area contributed by atoms with Gasteiger partial charge in [-0.05, 0) is 61.0 Å². The summed E-state index contributed by atoms with van der Waals surface area (Å²) < 4.78 is 0. The lowest BCUT2D eigenvalue weighted by Crippen LogP contribution is -2.36. The van der Waals surface area contributed by atoms with Crippen molar-refractivity contribution < 1.29 is 5.11 Å². The average Bonchev–Trinajstić information content (AvgIpc) is 2.25. The van der Waals surface area contributed by atoms with E-state index >= 15 is 0 Å². The molecule has 0 bridgehead atoms. The fraction of sp³-hybridized carbons (Fsp3) is 0.667. The summed E-state index contributed by atoms with van der Waals surface area (Å²) >= 11 is 0. The average molecular weight is 258 g/mol. The molecule has 1 atom stereocenters. The molecule has 2 aliphatic carbocycles. The summed E-state index contributed by atoms with van der Waals surface area (Å²) in [5.41, 5.74) is 2.27. The van der Waals surface area contributed by atoms with Gasteiger partial charge in [-0.2, -0.15) is 0 Å². The summed E-state index contributed by atoms with van der Waals surface area (Å²) in [6.45, 7) is 4.57. The first-order valence-electron chi connectivity index (χ1n) is 7.81. The fourth-order valence-electron chi connectivity index (χ4n) is 3.90. The van der Waals surface area contributed by atoms with E-state index in [4.69, 9.17) is 0 Å². The first-order chi connectivity index (χ1) is 8.99. The molecule has 2 aliphatic rings. The standard InChI is InChI=1S/C18H26O/c1-17(2)10-5-11-18(19,13-17)16-9-4-8-15(12-16)14-6-3-7-14/h4,8-9,12,14,19H,3,5-7,10-11,13H2,1-2H3. The van der Waals surface area contributed by atoms with E-state index in [2.05, 4.69) is 38.1 Å². The van der Waals surface area contributed by atoms with Crippen LogP contribution in [0.25, 0.3) is 0 Å². The highest BCUT2D eigenvalue weighted by atomic mass is 16.3. The van der Waals surface area contributed by atoms with Crippen LogP contribution < -0.4 is 0 Å². The molecular formula is C18H26O. The van der Waals surface area contributed by atoms with Gasteiger partial charge in [-0.15, -0.1) is 0 Å². The molecule has 0 aromatic heterocycles. The van der Waals surface area contributed by atoms with Crippen molar-refractivity contribution in [2.45, 2.75) is 70.3 Å². The summed E-state index contributed by atoms with van der Waals surface area (Å²) in [5.74, 6) is 0.750.